The van der Waals surface area contributed by atoms with E-state index in [0.717, 1.165) is 12.8 Å². The van der Waals surface area contributed by atoms with Crippen molar-refractivity contribution in [3.63, 3.8) is 0 Å². The molecule has 0 bridgehead atoms. The van der Waals surface area contributed by atoms with Crippen LogP contribution in [0.5, 0.6) is 0 Å². The van der Waals surface area contributed by atoms with Gasteiger partial charge < -0.3 is 4.74 Å². The maximum absolute atomic E-state index is 11.3. The van der Waals surface area contributed by atoms with Crippen molar-refractivity contribution in [1.29, 1.82) is 0 Å². The summed E-state index contributed by atoms with van der Waals surface area (Å²) in [5, 5.41) is 0. The SMILES string of the molecule is O=C1C=CCCCCCCCCCCCCO1. The Kier molecular flexibility index (Phi) is 8.71. The maximum Gasteiger partial charge on any atom is 0.330 e. The van der Waals surface area contributed by atoms with Crippen LogP contribution in [0.3, 0.4) is 0 Å². The molecule has 0 aromatic rings. The second kappa shape index (κ2) is 10.4. The van der Waals surface area contributed by atoms with Crippen LogP contribution in [0.15, 0.2) is 12.2 Å². The van der Waals surface area contributed by atoms with Gasteiger partial charge in [0.15, 0.2) is 0 Å². The molecule has 0 fully saturated rings. The Bertz CT molecular complexity index is 221. The van der Waals surface area contributed by atoms with Crippen molar-refractivity contribution in [1.82, 2.24) is 0 Å². The van der Waals surface area contributed by atoms with Crippen molar-refractivity contribution in [2.24, 2.45) is 0 Å². The van der Waals surface area contributed by atoms with Crippen LogP contribution in [-0.4, -0.2) is 12.6 Å². The monoisotopic (exact) mass is 238 g/mol. The van der Waals surface area contributed by atoms with Gasteiger partial charge in [0.2, 0.25) is 0 Å². The van der Waals surface area contributed by atoms with E-state index >= 15 is 0 Å². The molecule has 0 aliphatic carbocycles. The van der Waals surface area contributed by atoms with Gasteiger partial charge in [-0.3, -0.25) is 0 Å². The Balaban J connectivity index is 2.20. The molecule has 17 heavy (non-hydrogen) atoms. The van der Waals surface area contributed by atoms with Crippen molar-refractivity contribution in [2.45, 2.75) is 70.6 Å². The van der Waals surface area contributed by atoms with E-state index in [9.17, 15) is 4.79 Å². The average Bonchev–Trinajstić information content (AvgIpc) is 2.32. The lowest BCUT2D eigenvalue weighted by molar-refractivity contribution is -0.137. The molecule has 0 saturated carbocycles. The van der Waals surface area contributed by atoms with Crippen LogP contribution >= 0.6 is 0 Å². The summed E-state index contributed by atoms with van der Waals surface area (Å²) < 4.78 is 5.12. The molecule has 0 atom stereocenters. The van der Waals surface area contributed by atoms with Gasteiger partial charge in [-0.2, -0.15) is 0 Å². The molecule has 0 aromatic carbocycles. The summed E-state index contributed by atoms with van der Waals surface area (Å²) in [5.74, 6) is -0.169. The van der Waals surface area contributed by atoms with Gasteiger partial charge in [-0.1, -0.05) is 57.4 Å². The number of ether oxygens (including phenoxy) is 1. The molecule has 0 N–H and O–H groups in total. The summed E-state index contributed by atoms with van der Waals surface area (Å²) in [6, 6.07) is 0. The van der Waals surface area contributed by atoms with Crippen LogP contribution < -0.4 is 0 Å². The lowest BCUT2D eigenvalue weighted by Crippen LogP contribution is -2.02. The smallest absolute Gasteiger partial charge is 0.330 e. The van der Waals surface area contributed by atoms with E-state index in [0.29, 0.717) is 6.61 Å². The first-order chi connectivity index (χ1) is 8.39. The first-order valence-electron chi connectivity index (χ1n) is 7.23. The van der Waals surface area contributed by atoms with E-state index in [1.165, 1.54) is 57.8 Å². The molecule has 1 aliphatic rings. The summed E-state index contributed by atoms with van der Waals surface area (Å²) >= 11 is 0. The molecule has 0 amide bonds. The van der Waals surface area contributed by atoms with Crippen LogP contribution in [0.1, 0.15) is 70.6 Å². The predicted molar refractivity (Wildman–Crippen MR) is 70.9 cm³/mol. The summed E-state index contributed by atoms with van der Waals surface area (Å²) in [4.78, 5) is 11.3. The number of carbonyl (C=O) groups excluding carboxylic acids is 1. The van der Waals surface area contributed by atoms with Crippen LogP contribution in [0.4, 0.5) is 0 Å². The van der Waals surface area contributed by atoms with Gasteiger partial charge in [0.05, 0.1) is 6.61 Å². The number of allylic oxidation sites excluding steroid dienone is 1. The largest absolute Gasteiger partial charge is 0.463 e. The summed E-state index contributed by atoms with van der Waals surface area (Å²) in [7, 11) is 0. The minimum absolute atomic E-state index is 0.169. The number of esters is 1. The van der Waals surface area contributed by atoms with Gasteiger partial charge in [-0.15, -0.1) is 0 Å². The van der Waals surface area contributed by atoms with Crippen molar-refractivity contribution < 1.29 is 9.53 Å². The molecule has 0 radical (unpaired) electrons. The second-order valence-electron chi connectivity index (χ2n) is 4.89. The predicted octanol–water partition coefficient (Wildman–Crippen LogP) is 4.39. The van der Waals surface area contributed by atoms with Crippen molar-refractivity contribution in [3.8, 4) is 0 Å². The summed E-state index contributed by atoms with van der Waals surface area (Å²) in [6.45, 7) is 0.586. The zero-order valence-corrected chi connectivity index (χ0v) is 11.0. The molecule has 1 heterocycles. The van der Waals surface area contributed by atoms with Gasteiger partial charge in [0.25, 0.3) is 0 Å². The Morgan fingerprint density at radius 1 is 0.765 bits per heavy atom. The van der Waals surface area contributed by atoms with Crippen LogP contribution in [0, 0.1) is 0 Å². The highest BCUT2D eigenvalue weighted by Gasteiger charge is 1.98. The number of rotatable bonds is 0. The van der Waals surface area contributed by atoms with E-state index in [-0.39, 0.29) is 5.97 Å². The van der Waals surface area contributed by atoms with E-state index in [1.807, 2.05) is 6.08 Å². The molecular formula is C15H26O2. The highest BCUT2D eigenvalue weighted by atomic mass is 16.5. The zero-order chi connectivity index (χ0) is 12.2. The normalized spacial score (nSPS) is 22.0. The highest BCUT2D eigenvalue weighted by molar-refractivity contribution is 5.81. The van der Waals surface area contributed by atoms with Crippen molar-refractivity contribution >= 4 is 5.97 Å². The molecule has 98 valence electrons. The first-order valence-corrected chi connectivity index (χ1v) is 7.23. The van der Waals surface area contributed by atoms with Crippen molar-refractivity contribution in [3.05, 3.63) is 12.2 Å². The lowest BCUT2D eigenvalue weighted by atomic mass is 10.1. The zero-order valence-electron chi connectivity index (χ0n) is 11.0. The second-order valence-corrected chi connectivity index (χ2v) is 4.89. The van der Waals surface area contributed by atoms with Crippen LogP contribution in [-0.2, 0) is 9.53 Å². The third-order valence-corrected chi connectivity index (χ3v) is 3.26. The van der Waals surface area contributed by atoms with Gasteiger partial charge in [0, 0.05) is 6.08 Å². The van der Waals surface area contributed by atoms with E-state index < -0.39 is 0 Å². The summed E-state index contributed by atoms with van der Waals surface area (Å²) in [6.07, 6.45) is 17.4. The Morgan fingerprint density at radius 2 is 1.29 bits per heavy atom. The molecule has 1 rings (SSSR count). The molecule has 2 heteroatoms. The Morgan fingerprint density at radius 3 is 1.94 bits per heavy atom. The average molecular weight is 238 g/mol. The fourth-order valence-electron chi connectivity index (χ4n) is 2.18. The van der Waals surface area contributed by atoms with Gasteiger partial charge >= 0.3 is 5.97 Å². The third kappa shape index (κ3) is 8.96. The summed E-state index contributed by atoms with van der Waals surface area (Å²) in [5.41, 5.74) is 0. The minimum Gasteiger partial charge on any atom is -0.463 e. The number of hydrogen-bond donors (Lipinski definition) is 0. The molecule has 1 aliphatic heterocycles. The number of hydrogen-bond acceptors (Lipinski definition) is 2. The standard InChI is InChI=1S/C15H26O2/c16-15-13-11-9-7-5-3-1-2-4-6-8-10-12-14-17-15/h11,13H,1-10,12,14H2. The lowest BCUT2D eigenvalue weighted by Gasteiger charge is -2.04. The van der Waals surface area contributed by atoms with Gasteiger partial charge in [0.1, 0.15) is 0 Å². The van der Waals surface area contributed by atoms with Crippen LogP contribution in [0.2, 0.25) is 0 Å². The topological polar surface area (TPSA) is 26.3 Å². The first kappa shape index (κ1) is 14.3. The molecule has 0 saturated heterocycles. The van der Waals surface area contributed by atoms with Gasteiger partial charge in [-0.25, -0.2) is 4.79 Å². The third-order valence-electron chi connectivity index (χ3n) is 3.26. The fourth-order valence-corrected chi connectivity index (χ4v) is 2.18. The maximum atomic E-state index is 11.3. The molecule has 0 unspecified atom stereocenters. The Labute approximate surface area is 105 Å². The van der Waals surface area contributed by atoms with E-state index in [4.69, 9.17) is 4.74 Å². The number of carbonyl (C=O) groups is 1. The number of cyclic esters (lactones) is 1. The van der Waals surface area contributed by atoms with Crippen molar-refractivity contribution in [2.75, 3.05) is 6.61 Å². The quantitative estimate of drug-likeness (QED) is 0.585. The van der Waals surface area contributed by atoms with Crippen LogP contribution in [0.25, 0.3) is 0 Å². The highest BCUT2D eigenvalue weighted by Crippen LogP contribution is 2.12. The fraction of sp³-hybridized carbons (Fsp3) is 0.800. The molecule has 2 nitrogen and oxygen atoms in total. The van der Waals surface area contributed by atoms with E-state index in [1.54, 1.807) is 6.08 Å². The molecular weight excluding hydrogens is 212 g/mol. The molecule has 0 spiro atoms. The Hall–Kier alpha value is -0.790. The minimum atomic E-state index is -0.169. The van der Waals surface area contributed by atoms with E-state index in [2.05, 4.69) is 0 Å². The molecule has 0 aromatic heterocycles. The van der Waals surface area contributed by atoms with Gasteiger partial charge in [-0.05, 0) is 19.3 Å².